The van der Waals surface area contributed by atoms with Gasteiger partial charge in [-0.1, -0.05) is 11.6 Å². The molecule has 0 unspecified atom stereocenters. The number of nitro groups is 1. The zero-order valence-corrected chi connectivity index (χ0v) is 22.3. The summed E-state index contributed by atoms with van der Waals surface area (Å²) in [5, 5.41) is 17.6. The van der Waals surface area contributed by atoms with Gasteiger partial charge in [-0.05, 0) is 36.4 Å². The molecule has 0 radical (unpaired) electrons. The summed E-state index contributed by atoms with van der Waals surface area (Å²) in [6.07, 6.45) is 1.49. The fraction of sp³-hybridized carbons (Fsp3) is 0.130. The molecule has 0 spiro atoms. The Morgan fingerprint density at radius 1 is 1.07 bits per heavy atom. The van der Waals surface area contributed by atoms with Crippen LogP contribution in [0.25, 0.3) is 0 Å². The number of nitro benzene ring substituents is 1. The predicted molar refractivity (Wildman–Crippen MR) is 141 cm³/mol. The molecule has 2 heterocycles. The van der Waals surface area contributed by atoms with E-state index in [1.165, 1.54) is 73.6 Å². The topological polar surface area (TPSA) is 190 Å². The third kappa shape index (κ3) is 6.72. The van der Waals surface area contributed by atoms with Gasteiger partial charge in [0, 0.05) is 30.1 Å². The van der Waals surface area contributed by atoms with Crippen LogP contribution in [0.5, 0.6) is 17.6 Å². The highest BCUT2D eigenvalue weighted by molar-refractivity contribution is 7.92. The van der Waals surface area contributed by atoms with Crippen LogP contribution in [0, 0.1) is 10.1 Å². The molecule has 40 heavy (non-hydrogen) atoms. The molecule has 2 N–H and O–H groups in total. The number of hydrogen-bond acceptors (Lipinski definition) is 11. The van der Waals surface area contributed by atoms with Gasteiger partial charge in [0.1, 0.15) is 5.75 Å². The zero-order chi connectivity index (χ0) is 28.9. The third-order valence-corrected chi connectivity index (χ3v) is 6.75. The van der Waals surface area contributed by atoms with Crippen LogP contribution in [-0.2, 0) is 16.8 Å². The molecule has 2 aromatic carbocycles. The first-order valence-electron chi connectivity index (χ1n) is 11.1. The van der Waals surface area contributed by atoms with Gasteiger partial charge in [-0.3, -0.25) is 19.6 Å². The number of non-ortho nitro benzene ring substituents is 1. The van der Waals surface area contributed by atoms with Crippen molar-refractivity contribution < 1.29 is 32.3 Å². The molecule has 4 aromatic rings. The van der Waals surface area contributed by atoms with Gasteiger partial charge < -0.3 is 19.5 Å². The second-order valence-electron chi connectivity index (χ2n) is 7.75. The maximum absolute atomic E-state index is 12.8. The minimum Gasteiger partial charge on any atom is -0.481 e. The summed E-state index contributed by atoms with van der Waals surface area (Å²) in [5.74, 6) is -0.305. The Morgan fingerprint density at radius 2 is 1.82 bits per heavy atom. The fourth-order valence-electron chi connectivity index (χ4n) is 3.17. The Hall–Kier alpha value is -4.96. The highest BCUT2D eigenvalue weighted by Crippen LogP contribution is 2.29. The van der Waals surface area contributed by atoms with Crippen LogP contribution in [0.3, 0.4) is 0 Å². The van der Waals surface area contributed by atoms with Gasteiger partial charge in [0.15, 0.2) is 18.2 Å². The Balaban J connectivity index is 1.37. The molecule has 2 aromatic heterocycles. The Bertz CT molecular complexity index is 1640. The van der Waals surface area contributed by atoms with Gasteiger partial charge >= 0.3 is 6.01 Å². The number of methoxy groups -OCH3 is 2. The molecule has 0 atom stereocenters. The van der Waals surface area contributed by atoms with E-state index < -0.39 is 20.9 Å². The first kappa shape index (κ1) is 28.1. The zero-order valence-electron chi connectivity index (χ0n) is 20.8. The second-order valence-corrected chi connectivity index (χ2v) is 9.84. The number of amides is 1. The number of sulfonamides is 1. The van der Waals surface area contributed by atoms with Gasteiger partial charge in [-0.25, -0.2) is 13.1 Å². The standard InChI is InChI=1S/C23H20ClN7O8S/c1-37-21-12-20(26-23(27-21)38-2)29-40(35,36)16-6-3-14(4-7-16)25-22(32)18-9-10-30(28-18)13-39-19-8-5-15(31(33)34)11-17(19)24/h3-12H,13H2,1-2H3,(H,25,32)(H,26,27,29). The molecule has 0 saturated carbocycles. The van der Waals surface area contributed by atoms with E-state index in [0.29, 0.717) is 5.69 Å². The molecule has 0 bridgehead atoms. The molecular weight excluding hydrogens is 570 g/mol. The van der Waals surface area contributed by atoms with Crippen LogP contribution in [0.15, 0.2) is 65.7 Å². The molecule has 0 fully saturated rings. The highest BCUT2D eigenvalue weighted by Gasteiger charge is 2.18. The maximum atomic E-state index is 12.8. The van der Waals surface area contributed by atoms with Crippen molar-refractivity contribution >= 4 is 44.7 Å². The summed E-state index contributed by atoms with van der Waals surface area (Å²) >= 11 is 6.01. The number of benzene rings is 2. The Kier molecular flexibility index (Phi) is 8.30. The number of nitrogens with zero attached hydrogens (tertiary/aromatic N) is 5. The largest absolute Gasteiger partial charge is 0.481 e. The van der Waals surface area contributed by atoms with Crippen molar-refractivity contribution in [1.29, 1.82) is 0 Å². The minimum absolute atomic E-state index is 0.0523. The predicted octanol–water partition coefficient (Wildman–Crippen LogP) is 3.34. The van der Waals surface area contributed by atoms with Crippen molar-refractivity contribution in [2.24, 2.45) is 0 Å². The number of carbonyl (C=O) groups excluding carboxylic acids is 1. The number of ether oxygens (including phenoxy) is 3. The van der Waals surface area contributed by atoms with E-state index in [0.717, 1.165) is 6.07 Å². The van der Waals surface area contributed by atoms with E-state index >= 15 is 0 Å². The number of halogens is 1. The molecular formula is C23H20ClN7O8S. The number of anilines is 2. The lowest BCUT2D eigenvalue weighted by Crippen LogP contribution is -2.16. The SMILES string of the molecule is COc1cc(NS(=O)(=O)c2ccc(NC(=O)c3ccn(COc4ccc([N+](=O)[O-])cc4Cl)n3)cc2)nc(OC)n1. The van der Waals surface area contributed by atoms with Crippen molar-refractivity contribution in [1.82, 2.24) is 19.7 Å². The monoisotopic (exact) mass is 589 g/mol. The summed E-state index contributed by atoms with van der Waals surface area (Å²) < 4.78 is 44.7. The highest BCUT2D eigenvalue weighted by atomic mass is 35.5. The van der Waals surface area contributed by atoms with Crippen LogP contribution in [-0.4, -0.2) is 53.2 Å². The third-order valence-electron chi connectivity index (χ3n) is 5.09. The maximum Gasteiger partial charge on any atom is 0.321 e. The average molecular weight is 590 g/mol. The lowest BCUT2D eigenvalue weighted by atomic mass is 10.3. The molecule has 1 amide bonds. The lowest BCUT2D eigenvalue weighted by Gasteiger charge is -2.10. The fourth-order valence-corrected chi connectivity index (χ4v) is 4.39. The number of rotatable bonds is 11. The van der Waals surface area contributed by atoms with Gasteiger partial charge in [-0.2, -0.15) is 15.1 Å². The van der Waals surface area contributed by atoms with Crippen molar-refractivity contribution in [2.45, 2.75) is 11.6 Å². The first-order valence-corrected chi connectivity index (χ1v) is 13.0. The summed E-state index contributed by atoms with van der Waals surface area (Å²) in [7, 11) is -1.34. The van der Waals surface area contributed by atoms with Crippen LogP contribution in [0.2, 0.25) is 5.02 Å². The summed E-state index contributed by atoms with van der Waals surface area (Å²) in [4.78, 5) is 30.6. The molecule has 0 aliphatic rings. The van der Waals surface area contributed by atoms with E-state index in [1.807, 2.05) is 0 Å². The summed E-state index contributed by atoms with van der Waals surface area (Å²) in [6, 6.07) is 11.8. The number of hydrogen-bond donors (Lipinski definition) is 2. The van der Waals surface area contributed by atoms with Gasteiger partial charge in [0.05, 0.1) is 29.1 Å². The van der Waals surface area contributed by atoms with E-state index in [9.17, 15) is 23.3 Å². The van der Waals surface area contributed by atoms with Crippen molar-refractivity contribution in [3.05, 3.63) is 81.6 Å². The van der Waals surface area contributed by atoms with Crippen LogP contribution in [0.1, 0.15) is 10.5 Å². The molecule has 15 nitrogen and oxygen atoms in total. The molecule has 0 aliphatic heterocycles. The van der Waals surface area contributed by atoms with E-state index in [1.54, 1.807) is 0 Å². The van der Waals surface area contributed by atoms with Crippen LogP contribution < -0.4 is 24.2 Å². The van der Waals surface area contributed by atoms with Crippen LogP contribution >= 0.6 is 11.6 Å². The smallest absolute Gasteiger partial charge is 0.321 e. The number of nitrogens with one attached hydrogen (secondary N) is 2. The van der Waals surface area contributed by atoms with Gasteiger partial charge in [0.2, 0.25) is 5.88 Å². The first-order chi connectivity index (χ1) is 19.1. The van der Waals surface area contributed by atoms with Gasteiger partial charge in [-0.15, -0.1) is 0 Å². The number of carbonyl (C=O) groups is 1. The minimum atomic E-state index is -4.03. The van der Waals surface area contributed by atoms with Gasteiger partial charge in [0.25, 0.3) is 21.6 Å². The summed E-state index contributed by atoms with van der Waals surface area (Å²) in [5.41, 5.74) is 0.200. The molecule has 0 aliphatic carbocycles. The molecule has 208 valence electrons. The molecule has 17 heteroatoms. The van der Waals surface area contributed by atoms with Crippen LogP contribution in [0.4, 0.5) is 17.2 Å². The van der Waals surface area contributed by atoms with Crippen molar-refractivity contribution in [3.8, 4) is 17.6 Å². The van der Waals surface area contributed by atoms with Crippen molar-refractivity contribution in [3.63, 3.8) is 0 Å². The molecule has 0 saturated heterocycles. The second kappa shape index (κ2) is 11.8. The quantitative estimate of drug-likeness (QED) is 0.193. The molecule has 4 rings (SSSR count). The van der Waals surface area contributed by atoms with E-state index in [4.69, 9.17) is 25.8 Å². The number of aromatic nitrogens is 4. The lowest BCUT2D eigenvalue weighted by molar-refractivity contribution is -0.384. The Labute approximate surface area is 231 Å². The van der Waals surface area contributed by atoms with Crippen molar-refractivity contribution in [2.75, 3.05) is 24.3 Å². The normalized spacial score (nSPS) is 11.0. The average Bonchev–Trinajstić information content (AvgIpc) is 3.41. The summed E-state index contributed by atoms with van der Waals surface area (Å²) in [6.45, 7) is -0.117. The Morgan fingerprint density at radius 3 is 2.48 bits per heavy atom. The van der Waals surface area contributed by atoms with E-state index in [2.05, 4.69) is 25.1 Å². The van der Waals surface area contributed by atoms with E-state index in [-0.39, 0.29) is 51.5 Å².